The zero-order valence-corrected chi connectivity index (χ0v) is 18.5. The van der Waals surface area contributed by atoms with Crippen molar-refractivity contribution in [3.05, 3.63) is 51.1 Å². The number of hydrogen-bond acceptors (Lipinski definition) is 6. The Labute approximate surface area is 183 Å². The van der Waals surface area contributed by atoms with Gasteiger partial charge in [0.2, 0.25) is 5.91 Å². The van der Waals surface area contributed by atoms with Crippen LogP contribution in [0, 0.1) is 6.92 Å². The molecule has 162 valence electrons. The Balaban J connectivity index is 1.60. The zero-order chi connectivity index (χ0) is 22.1. The molecule has 4 rings (SSSR count). The highest BCUT2D eigenvalue weighted by molar-refractivity contribution is 7.18. The number of nitrogens with one attached hydrogen (secondary N) is 2. The van der Waals surface area contributed by atoms with Crippen LogP contribution in [0.4, 0.5) is 5.00 Å². The van der Waals surface area contributed by atoms with Gasteiger partial charge in [-0.25, -0.2) is 4.79 Å². The number of anilines is 1. The van der Waals surface area contributed by atoms with Crippen LogP contribution in [0.5, 0.6) is 0 Å². The Kier molecular flexibility index (Phi) is 5.82. The highest BCUT2D eigenvalue weighted by Crippen LogP contribution is 2.34. The molecule has 3 aromatic rings. The summed E-state index contributed by atoms with van der Waals surface area (Å²) in [5.74, 6) is -1.17. The van der Waals surface area contributed by atoms with Crippen molar-refractivity contribution < 1.29 is 23.5 Å². The lowest BCUT2D eigenvalue weighted by Gasteiger charge is -2.07. The molecule has 1 aliphatic carbocycles. The molecule has 0 saturated heterocycles. The molecule has 0 radical (unpaired) electrons. The minimum absolute atomic E-state index is 0.0975. The quantitative estimate of drug-likeness (QED) is 0.565. The molecule has 2 N–H and O–H groups in total. The standard InChI is InChI=1S/C23H24N2O5S/c1-4-29-23(28)19-12(2)20(21(27)24-3)31-22(19)25-18(26)10-15-11-30-17-9-14-7-5-6-13(14)8-16(15)17/h8-9,11H,4-7,10H2,1-3H3,(H,24,27)(H,25,26). The number of furan rings is 1. The summed E-state index contributed by atoms with van der Waals surface area (Å²) in [6.45, 7) is 3.58. The van der Waals surface area contributed by atoms with Crippen molar-refractivity contribution in [1.82, 2.24) is 5.32 Å². The Hall–Kier alpha value is -3.13. The summed E-state index contributed by atoms with van der Waals surface area (Å²) in [6, 6.07) is 4.18. The lowest BCUT2D eigenvalue weighted by atomic mass is 10.0. The van der Waals surface area contributed by atoms with Crippen molar-refractivity contribution in [2.45, 2.75) is 39.5 Å². The van der Waals surface area contributed by atoms with Crippen LogP contribution < -0.4 is 10.6 Å². The highest BCUT2D eigenvalue weighted by atomic mass is 32.1. The van der Waals surface area contributed by atoms with Gasteiger partial charge in [-0.3, -0.25) is 9.59 Å². The molecule has 0 saturated carbocycles. The van der Waals surface area contributed by atoms with Crippen molar-refractivity contribution in [2.24, 2.45) is 0 Å². The van der Waals surface area contributed by atoms with Crippen LogP contribution in [-0.2, 0) is 28.8 Å². The second-order valence-electron chi connectivity index (χ2n) is 7.52. The van der Waals surface area contributed by atoms with Crippen molar-refractivity contribution in [3.63, 3.8) is 0 Å². The predicted octanol–water partition coefficient (Wildman–Crippen LogP) is 4.01. The molecule has 7 nitrogen and oxygen atoms in total. The molecule has 0 spiro atoms. The van der Waals surface area contributed by atoms with E-state index in [1.54, 1.807) is 20.1 Å². The maximum Gasteiger partial charge on any atom is 0.341 e. The van der Waals surface area contributed by atoms with Gasteiger partial charge < -0.3 is 19.8 Å². The largest absolute Gasteiger partial charge is 0.464 e. The van der Waals surface area contributed by atoms with Crippen LogP contribution in [-0.4, -0.2) is 31.4 Å². The minimum atomic E-state index is -0.564. The van der Waals surface area contributed by atoms with Gasteiger partial charge >= 0.3 is 5.97 Å². The maximum absolute atomic E-state index is 12.9. The lowest BCUT2D eigenvalue weighted by molar-refractivity contribution is -0.115. The van der Waals surface area contributed by atoms with Crippen LogP contribution in [0.3, 0.4) is 0 Å². The molecule has 31 heavy (non-hydrogen) atoms. The first-order valence-electron chi connectivity index (χ1n) is 10.3. The van der Waals surface area contributed by atoms with E-state index in [9.17, 15) is 14.4 Å². The van der Waals surface area contributed by atoms with E-state index in [1.807, 2.05) is 0 Å². The van der Waals surface area contributed by atoms with Crippen molar-refractivity contribution in [2.75, 3.05) is 19.0 Å². The van der Waals surface area contributed by atoms with Crippen molar-refractivity contribution in [3.8, 4) is 0 Å². The molecule has 0 fully saturated rings. The Morgan fingerprint density at radius 3 is 2.65 bits per heavy atom. The van der Waals surface area contributed by atoms with Gasteiger partial charge in [0.15, 0.2) is 0 Å². The number of hydrogen-bond donors (Lipinski definition) is 2. The summed E-state index contributed by atoms with van der Waals surface area (Å²) in [5.41, 5.74) is 4.90. The van der Waals surface area contributed by atoms with E-state index < -0.39 is 5.97 Å². The number of esters is 1. The smallest absolute Gasteiger partial charge is 0.341 e. The van der Waals surface area contributed by atoms with Gasteiger partial charge in [-0.05, 0) is 61.9 Å². The number of rotatable bonds is 6. The fraction of sp³-hybridized carbons (Fsp3) is 0.348. The average molecular weight is 441 g/mol. The van der Waals surface area contributed by atoms with Crippen LogP contribution in [0.2, 0.25) is 0 Å². The predicted molar refractivity (Wildman–Crippen MR) is 119 cm³/mol. The third kappa shape index (κ3) is 3.95. The number of thiophene rings is 1. The number of benzene rings is 1. The summed E-state index contributed by atoms with van der Waals surface area (Å²) in [5, 5.41) is 6.61. The van der Waals surface area contributed by atoms with E-state index in [-0.39, 0.29) is 30.4 Å². The lowest BCUT2D eigenvalue weighted by Crippen LogP contribution is -2.18. The first-order valence-corrected chi connectivity index (χ1v) is 11.1. The van der Waals surface area contributed by atoms with Gasteiger partial charge in [0, 0.05) is 18.0 Å². The van der Waals surface area contributed by atoms with Gasteiger partial charge in [-0.2, -0.15) is 0 Å². The monoisotopic (exact) mass is 440 g/mol. The van der Waals surface area contributed by atoms with Gasteiger partial charge in [0.25, 0.3) is 5.91 Å². The first kappa shape index (κ1) is 21.1. The molecule has 1 aliphatic rings. The van der Waals surface area contributed by atoms with Gasteiger partial charge in [0.05, 0.1) is 29.7 Å². The Morgan fingerprint density at radius 2 is 1.94 bits per heavy atom. The average Bonchev–Trinajstić information content (AvgIpc) is 3.43. The van der Waals surface area contributed by atoms with Gasteiger partial charge in [-0.15, -0.1) is 11.3 Å². The number of carbonyl (C=O) groups excluding carboxylic acids is 3. The topological polar surface area (TPSA) is 97.6 Å². The third-order valence-electron chi connectivity index (χ3n) is 5.53. The second-order valence-corrected chi connectivity index (χ2v) is 8.54. The summed E-state index contributed by atoms with van der Waals surface area (Å²) >= 11 is 1.07. The fourth-order valence-electron chi connectivity index (χ4n) is 4.01. The molecule has 2 aromatic heterocycles. The summed E-state index contributed by atoms with van der Waals surface area (Å²) in [6.07, 6.45) is 4.95. The number of carbonyl (C=O) groups is 3. The highest BCUT2D eigenvalue weighted by Gasteiger charge is 2.26. The van der Waals surface area contributed by atoms with E-state index in [0.717, 1.165) is 47.1 Å². The SMILES string of the molecule is CCOC(=O)c1c(NC(=O)Cc2coc3cc4c(cc23)CCC4)sc(C(=O)NC)c1C. The Morgan fingerprint density at radius 1 is 1.19 bits per heavy atom. The second kappa shape index (κ2) is 8.55. The number of aryl methyl sites for hydroxylation is 2. The Bertz CT molecular complexity index is 1190. The van der Waals surface area contributed by atoms with Crippen molar-refractivity contribution in [1.29, 1.82) is 0 Å². The van der Waals surface area contributed by atoms with Crippen LogP contribution in [0.15, 0.2) is 22.8 Å². The van der Waals surface area contributed by atoms with E-state index in [4.69, 9.17) is 9.15 Å². The molecule has 0 aliphatic heterocycles. The molecule has 2 amide bonds. The van der Waals surface area contributed by atoms with Crippen molar-refractivity contribution >= 4 is 45.1 Å². The molecule has 0 unspecified atom stereocenters. The van der Waals surface area contributed by atoms with Gasteiger partial charge in [-0.1, -0.05) is 0 Å². The summed E-state index contributed by atoms with van der Waals surface area (Å²) in [7, 11) is 1.52. The molecule has 0 bridgehead atoms. The molecule has 2 heterocycles. The minimum Gasteiger partial charge on any atom is -0.464 e. The maximum atomic E-state index is 12.9. The first-order chi connectivity index (χ1) is 14.9. The van der Waals surface area contributed by atoms with Crippen LogP contribution in [0.1, 0.15) is 55.6 Å². The fourth-order valence-corrected chi connectivity index (χ4v) is 5.17. The number of fused-ring (bicyclic) bond motifs is 2. The molecular weight excluding hydrogens is 416 g/mol. The van der Waals surface area contributed by atoms with E-state index in [2.05, 4.69) is 22.8 Å². The van der Waals surface area contributed by atoms with Gasteiger partial charge in [0.1, 0.15) is 10.6 Å². The molecular formula is C23H24N2O5S. The summed E-state index contributed by atoms with van der Waals surface area (Å²) in [4.78, 5) is 37.9. The van der Waals surface area contributed by atoms with E-state index in [1.165, 1.54) is 18.2 Å². The van der Waals surface area contributed by atoms with E-state index >= 15 is 0 Å². The van der Waals surface area contributed by atoms with Crippen LogP contribution >= 0.6 is 11.3 Å². The molecule has 1 aromatic carbocycles. The molecule has 0 atom stereocenters. The third-order valence-corrected chi connectivity index (χ3v) is 6.74. The van der Waals surface area contributed by atoms with Crippen LogP contribution in [0.25, 0.3) is 11.0 Å². The van der Waals surface area contributed by atoms with E-state index in [0.29, 0.717) is 15.4 Å². The zero-order valence-electron chi connectivity index (χ0n) is 17.7. The normalized spacial score (nSPS) is 12.6. The molecule has 8 heteroatoms. The summed E-state index contributed by atoms with van der Waals surface area (Å²) < 4.78 is 10.8. The number of amides is 2. The number of ether oxygens (including phenoxy) is 1.